The first-order valence-corrected chi connectivity index (χ1v) is 2.08. The van der Waals surface area contributed by atoms with E-state index in [4.69, 9.17) is 5.73 Å². The number of halogens is 3. The van der Waals surface area contributed by atoms with Gasteiger partial charge in [-0.1, -0.05) is 0 Å². The van der Waals surface area contributed by atoms with Crippen LogP contribution in [0.1, 0.15) is 0 Å². The van der Waals surface area contributed by atoms with Gasteiger partial charge < -0.3 is 5.73 Å². The summed E-state index contributed by atoms with van der Waals surface area (Å²) < 4.78 is 33.2. The van der Waals surface area contributed by atoms with Gasteiger partial charge in [-0.25, -0.2) is 5.32 Å². The van der Waals surface area contributed by atoms with Crippen LogP contribution in [0.2, 0.25) is 0 Å². The normalized spacial score (nSPS) is 12.0. The fraction of sp³-hybridized carbons (Fsp3) is 1.00. The summed E-state index contributed by atoms with van der Waals surface area (Å²) in [6.45, 7) is -0.219. The third-order valence-electron chi connectivity index (χ3n) is 0.470. The number of nitrogens with one attached hydrogen (secondary N) is 1. The van der Waals surface area contributed by atoms with Crippen molar-refractivity contribution in [2.45, 2.75) is 6.30 Å². The van der Waals surface area contributed by atoms with Gasteiger partial charge in [-0.05, 0) is 0 Å². The number of hydrogen-bond acceptors (Lipinski definition) is 2. The molecule has 0 heterocycles. The van der Waals surface area contributed by atoms with Gasteiger partial charge in [0.05, 0.1) is 0 Å². The van der Waals surface area contributed by atoms with Crippen LogP contribution in [0.25, 0.3) is 0 Å². The van der Waals surface area contributed by atoms with Crippen LogP contribution in [0.3, 0.4) is 0 Å². The number of nitrogens with two attached hydrogens (primary N) is 1. The first-order valence-electron chi connectivity index (χ1n) is 2.08. The van der Waals surface area contributed by atoms with Crippen LogP contribution in [-0.2, 0) is 0 Å². The number of rotatable bonds is 2. The third kappa shape index (κ3) is 5.71. The minimum atomic E-state index is -4.28. The van der Waals surface area contributed by atoms with Crippen molar-refractivity contribution < 1.29 is 13.2 Å². The van der Waals surface area contributed by atoms with Crippen molar-refractivity contribution in [1.82, 2.24) is 5.32 Å². The predicted molar refractivity (Wildman–Crippen MR) is 23.1 cm³/mol. The lowest BCUT2D eigenvalue weighted by Gasteiger charge is -2.04. The summed E-state index contributed by atoms with van der Waals surface area (Å²) in [5.41, 5.74) is 4.77. The van der Waals surface area contributed by atoms with Crippen LogP contribution in [0.5, 0.6) is 0 Å². The summed E-state index contributed by atoms with van der Waals surface area (Å²) in [5, 5.41) is 1.25. The fourth-order valence-corrected chi connectivity index (χ4v) is 0.214. The van der Waals surface area contributed by atoms with Crippen molar-refractivity contribution in [1.29, 1.82) is 0 Å². The van der Waals surface area contributed by atoms with Gasteiger partial charge in [0, 0.05) is 13.1 Å². The van der Waals surface area contributed by atoms with E-state index in [-0.39, 0.29) is 13.1 Å². The second kappa shape index (κ2) is 2.88. The highest BCUT2D eigenvalue weighted by Crippen LogP contribution is 2.07. The molecule has 0 aliphatic rings. The van der Waals surface area contributed by atoms with E-state index in [0.29, 0.717) is 0 Å². The van der Waals surface area contributed by atoms with Gasteiger partial charge >= 0.3 is 6.30 Å². The van der Waals surface area contributed by atoms with Crippen LogP contribution in [-0.4, -0.2) is 19.4 Å². The van der Waals surface area contributed by atoms with Crippen LogP contribution < -0.4 is 11.1 Å². The van der Waals surface area contributed by atoms with Gasteiger partial charge in [0.1, 0.15) is 0 Å². The third-order valence-corrected chi connectivity index (χ3v) is 0.470. The molecule has 0 atom stereocenters. The van der Waals surface area contributed by atoms with Crippen molar-refractivity contribution in [3.05, 3.63) is 0 Å². The van der Waals surface area contributed by atoms with Gasteiger partial charge in [0.15, 0.2) is 0 Å². The van der Waals surface area contributed by atoms with E-state index >= 15 is 0 Å². The molecule has 0 spiro atoms. The maximum absolute atomic E-state index is 11.1. The second-order valence-electron chi connectivity index (χ2n) is 1.21. The highest BCUT2D eigenvalue weighted by atomic mass is 19.4. The zero-order chi connectivity index (χ0) is 6.62. The van der Waals surface area contributed by atoms with Crippen LogP contribution >= 0.6 is 0 Å². The van der Waals surface area contributed by atoms with Gasteiger partial charge in [-0.15, -0.1) is 0 Å². The average molecular weight is 128 g/mol. The van der Waals surface area contributed by atoms with Crippen molar-refractivity contribution in [2.24, 2.45) is 5.73 Å². The minimum Gasteiger partial charge on any atom is -0.329 e. The molecule has 0 rings (SSSR count). The molecule has 0 amide bonds. The first-order chi connectivity index (χ1) is 3.56. The average Bonchev–Trinajstić information content (AvgIpc) is 1.59. The monoisotopic (exact) mass is 128 g/mol. The predicted octanol–water partition coefficient (Wildman–Crippen LogP) is 0.0545. The Hall–Kier alpha value is -0.290. The molecule has 0 radical (unpaired) electrons. The van der Waals surface area contributed by atoms with Gasteiger partial charge in [-0.2, -0.15) is 13.2 Å². The molecule has 0 aliphatic carbocycles. The van der Waals surface area contributed by atoms with E-state index in [1.54, 1.807) is 0 Å². The lowest BCUT2D eigenvalue weighted by atomic mass is 10.6. The SMILES string of the molecule is NCCNC(F)(F)F. The Morgan fingerprint density at radius 1 is 1.38 bits per heavy atom. The smallest absolute Gasteiger partial charge is 0.329 e. The maximum atomic E-state index is 11.1. The van der Waals surface area contributed by atoms with E-state index in [1.165, 1.54) is 5.32 Å². The summed E-state index contributed by atoms with van der Waals surface area (Å²) in [6.07, 6.45) is -4.28. The van der Waals surface area contributed by atoms with Crippen molar-refractivity contribution in [3.8, 4) is 0 Å². The largest absolute Gasteiger partial charge is 0.457 e. The van der Waals surface area contributed by atoms with Crippen LogP contribution in [0.15, 0.2) is 0 Å². The van der Waals surface area contributed by atoms with E-state index in [1.807, 2.05) is 0 Å². The van der Waals surface area contributed by atoms with Crippen molar-refractivity contribution in [2.75, 3.05) is 13.1 Å². The molecule has 0 saturated carbocycles. The van der Waals surface area contributed by atoms with Crippen LogP contribution in [0.4, 0.5) is 13.2 Å². The molecule has 0 aromatic rings. The number of hydrogen-bond donors (Lipinski definition) is 2. The molecule has 0 aromatic carbocycles. The molecule has 0 bridgehead atoms. The standard InChI is InChI=1S/C3H7F3N2/c4-3(5,6)8-2-1-7/h8H,1-2,7H2. The van der Waals surface area contributed by atoms with E-state index in [9.17, 15) is 13.2 Å². The highest BCUT2D eigenvalue weighted by Gasteiger charge is 2.24. The molecule has 50 valence electrons. The molecule has 8 heavy (non-hydrogen) atoms. The lowest BCUT2D eigenvalue weighted by Crippen LogP contribution is -2.35. The first kappa shape index (κ1) is 7.71. The summed E-state index contributed by atoms with van der Waals surface area (Å²) >= 11 is 0. The molecule has 0 aliphatic heterocycles. The van der Waals surface area contributed by atoms with Crippen molar-refractivity contribution in [3.63, 3.8) is 0 Å². The van der Waals surface area contributed by atoms with E-state index < -0.39 is 6.30 Å². The topological polar surface area (TPSA) is 38.0 Å². The molecular weight excluding hydrogens is 121 g/mol. The summed E-state index contributed by atoms with van der Waals surface area (Å²) in [5.74, 6) is 0. The van der Waals surface area contributed by atoms with Crippen molar-refractivity contribution >= 4 is 0 Å². The molecule has 0 fully saturated rings. The zero-order valence-corrected chi connectivity index (χ0v) is 4.13. The Kier molecular flexibility index (Phi) is 2.78. The molecular formula is C3H7F3N2. The molecule has 5 heteroatoms. The molecule has 2 nitrogen and oxygen atoms in total. The highest BCUT2D eigenvalue weighted by molar-refractivity contribution is 4.47. The Bertz CT molecular complexity index is 60.0. The maximum Gasteiger partial charge on any atom is 0.457 e. The second-order valence-corrected chi connectivity index (χ2v) is 1.21. The fourth-order valence-electron chi connectivity index (χ4n) is 0.214. The summed E-state index contributed by atoms with van der Waals surface area (Å²) in [4.78, 5) is 0. The molecule has 3 N–H and O–H groups in total. The van der Waals surface area contributed by atoms with E-state index in [0.717, 1.165) is 0 Å². The summed E-state index contributed by atoms with van der Waals surface area (Å²) in [6, 6.07) is 0. The van der Waals surface area contributed by atoms with Gasteiger partial charge in [0.25, 0.3) is 0 Å². The van der Waals surface area contributed by atoms with Gasteiger partial charge in [-0.3, -0.25) is 0 Å². The molecule has 0 aromatic heterocycles. The number of alkyl halides is 3. The Morgan fingerprint density at radius 3 is 2.00 bits per heavy atom. The van der Waals surface area contributed by atoms with Gasteiger partial charge in [0.2, 0.25) is 0 Å². The lowest BCUT2D eigenvalue weighted by molar-refractivity contribution is -0.156. The molecule has 0 saturated heterocycles. The van der Waals surface area contributed by atoms with E-state index in [2.05, 4.69) is 0 Å². The Morgan fingerprint density at radius 2 is 1.88 bits per heavy atom. The Balaban J connectivity index is 3.11. The Labute approximate surface area is 44.9 Å². The van der Waals surface area contributed by atoms with Crippen LogP contribution in [0, 0.1) is 0 Å². The molecule has 0 unspecified atom stereocenters. The zero-order valence-electron chi connectivity index (χ0n) is 4.13. The quantitative estimate of drug-likeness (QED) is 0.516. The minimum absolute atomic E-state index is 0.000486. The summed E-state index contributed by atoms with van der Waals surface area (Å²) in [7, 11) is 0.